The smallest absolute Gasteiger partial charge is 0.337 e. The van der Waals surface area contributed by atoms with Crippen molar-refractivity contribution < 1.29 is 28.3 Å². The van der Waals surface area contributed by atoms with Crippen LogP contribution in [0.2, 0.25) is 10.0 Å². The van der Waals surface area contributed by atoms with E-state index in [-0.39, 0.29) is 35.6 Å². The second-order valence-corrected chi connectivity index (χ2v) is 11.1. The summed E-state index contributed by atoms with van der Waals surface area (Å²) in [7, 11) is 0. The van der Waals surface area contributed by atoms with E-state index < -0.39 is 17.9 Å². The Morgan fingerprint density at radius 3 is 2.59 bits per heavy atom. The molecule has 2 heterocycles. The topological polar surface area (TPSA) is 94.7 Å². The predicted octanol–water partition coefficient (Wildman–Crippen LogP) is 8.43. The van der Waals surface area contributed by atoms with Crippen LogP contribution in [0.25, 0.3) is 17.3 Å². The van der Waals surface area contributed by atoms with Gasteiger partial charge in [0, 0.05) is 34.6 Å². The number of aromatic carboxylic acids is 1. The lowest BCUT2D eigenvalue weighted by Crippen LogP contribution is -2.20. The first-order valence-corrected chi connectivity index (χ1v) is 13.9. The number of nitrogens with zero attached hydrogens (tertiary/aromatic N) is 2. The van der Waals surface area contributed by atoms with Crippen LogP contribution in [0, 0.1) is 18.7 Å². The van der Waals surface area contributed by atoms with E-state index in [4.69, 9.17) is 37.2 Å². The fourth-order valence-corrected chi connectivity index (χ4v) is 5.65. The zero-order chi connectivity index (χ0) is 28.8. The second-order valence-electron chi connectivity index (χ2n) is 10.3. The quantitative estimate of drug-likeness (QED) is 0.219. The Morgan fingerprint density at radius 1 is 1.15 bits per heavy atom. The van der Waals surface area contributed by atoms with Gasteiger partial charge in [-0.15, -0.1) is 0 Å². The number of rotatable bonds is 8. The van der Waals surface area contributed by atoms with E-state index >= 15 is 4.39 Å². The maximum Gasteiger partial charge on any atom is 0.337 e. The standard InChI is InChI=1S/C31H25Cl2FN2O5/c1-15-6-9-19-20(29(15)40-25-13-11-18(31(37)38)16(2)35-25)10-12-24(27(19)34)39-14-21-28(36-41-30(21)17-7-8-17)26-22(32)4-3-5-23(26)33/h3-6,9-13,15,17,29H,7-8,14H2,1-2H3,(H,37,38). The van der Waals surface area contributed by atoms with Gasteiger partial charge in [-0.3, -0.25) is 0 Å². The van der Waals surface area contributed by atoms with Gasteiger partial charge in [0.15, 0.2) is 11.6 Å². The highest BCUT2D eigenvalue weighted by molar-refractivity contribution is 6.39. The number of hydrogen-bond acceptors (Lipinski definition) is 6. The summed E-state index contributed by atoms with van der Waals surface area (Å²) < 4.78 is 33.7. The lowest BCUT2D eigenvalue weighted by atomic mass is 9.87. The highest BCUT2D eigenvalue weighted by Crippen LogP contribution is 2.46. The third-order valence-corrected chi connectivity index (χ3v) is 8.04. The van der Waals surface area contributed by atoms with Gasteiger partial charge in [0.25, 0.3) is 0 Å². The van der Waals surface area contributed by atoms with E-state index in [1.807, 2.05) is 13.0 Å². The molecule has 0 bridgehead atoms. The summed E-state index contributed by atoms with van der Waals surface area (Å²) in [5.41, 5.74) is 3.15. The van der Waals surface area contributed by atoms with Gasteiger partial charge in [-0.25, -0.2) is 14.2 Å². The van der Waals surface area contributed by atoms with Gasteiger partial charge in [-0.05, 0) is 44.0 Å². The van der Waals surface area contributed by atoms with Gasteiger partial charge in [0.2, 0.25) is 5.88 Å². The minimum absolute atomic E-state index is 0.0150. The Kier molecular flexibility index (Phi) is 7.21. The molecule has 6 rings (SSSR count). The third kappa shape index (κ3) is 5.18. The summed E-state index contributed by atoms with van der Waals surface area (Å²) in [5, 5.41) is 14.4. The molecule has 7 nitrogen and oxygen atoms in total. The summed E-state index contributed by atoms with van der Waals surface area (Å²) in [6, 6.07) is 11.5. The summed E-state index contributed by atoms with van der Waals surface area (Å²) in [6.07, 6.45) is 5.00. The van der Waals surface area contributed by atoms with E-state index in [1.165, 1.54) is 12.1 Å². The van der Waals surface area contributed by atoms with Gasteiger partial charge < -0.3 is 19.1 Å². The van der Waals surface area contributed by atoms with Crippen molar-refractivity contribution in [3.05, 3.63) is 98.1 Å². The number of hydrogen-bond donors (Lipinski definition) is 1. The minimum atomic E-state index is -1.06. The highest BCUT2D eigenvalue weighted by atomic mass is 35.5. The summed E-state index contributed by atoms with van der Waals surface area (Å²) >= 11 is 12.9. The molecule has 0 saturated heterocycles. The molecule has 1 N–H and O–H groups in total. The molecule has 0 radical (unpaired) electrons. The maximum absolute atomic E-state index is 15.9. The average Bonchev–Trinajstić information content (AvgIpc) is 3.70. The minimum Gasteiger partial charge on any atom is -0.486 e. The first-order chi connectivity index (χ1) is 19.7. The van der Waals surface area contributed by atoms with Crippen molar-refractivity contribution in [1.82, 2.24) is 10.1 Å². The summed E-state index contributed by atoms with van der Waals surface area (Å²) in [4.78, 5) is 15.6. The van der Waals surface area contributed by atoms with Gasteiger partial charge in [0.1, 0.15) is 24.2 Å². The van der Waals surface area contributed by atoms with E-state index in [0.717, 1.165) is 12.8 Å². The number of aromatic nitrogens is 2. The van der Waals surface area contributed by atoms with Crippen LogP contribution in [0.5, 0.6) is 11.6 Å². The van der Waals surface area contributed by atoms with Crippen LogP contribution in [0.4, 0.5) is 4.39 Å². The lowest BCUT2D eigenvalue weighted by molar-refractivity contribution is 0.0695. The molecular weight excluding hydrogens is 570 g/mol. The molecule has 210 valence electrons. The Hall–Kier alpha value is -3.88. The molecule has 0 amide bonds. The van der Waals surface area contributed by atoms with E-state index in [9.17, 15) is 9.90 Å². The van der Waals surface area contributed by atoms with Gasteiger partial charge in [0.05, 0.1) is 26.9 Å². The van der Waals surface area contributed by atoms with Crippen LogP contribution >= 0.6 is 23.2 Å². The van der Waals surface area contributed by atoms with Gasteiger partial charge >= 0.3 is 5.97 Å². The van der Waals surface area contributed by atoms with E-state index in [2.05, 4.69) is 10.1 Å². The molecule has 0 spiro atoms. The molecule has 1 saturated carbocycles. The number of pyridine rings is 1. The molecule has 2 aliphatic rings. The number of ether oxygens (including phenoxy) is 2. The average molecular weight is 595 g/mol. The molecule has 0 aliphatic heterocycles. The summed E-state index contributed by atoms with van der Waals surface area (Å²) in [5.74, 6) is -0.407. The molecule has 1 fully saturated rings. The van der Waals surface area contributed by atoms with E-state index in [1.54, 1.807) is 43.3 Å². The number of carboxylic acids is 1. The van der Waals surface area contributed by atoms with Crippen molar-refractivity contribution in [1.29, 1.82) is 0 Å². The molecule has 2 aromatic heterocycles. The molecule has 2 aromatic carbocycles. The van der Waals surface area contributed by atoms with Crippen LogP contribution in [0.15, 0.2) is 53.1 Å². The first kappa shape index (κ1) is 27.3. The largest absolute Gasteiger partial charge is 0.486 e. The van der Waals surface area contributed by atoms with Crippen molar-refractivity contribution in [2.24, 2.45) is 5.92 Å². The second kappa shape index (κ2) is 10.8. The number of carboxylic acid groups (broad SMARTS) is 1. The molecule has 41 heavy (non-hydrogen) atoms. The highest BCUT2D eigenvalue weighted by Gasteiger charge is 2.34. The first-order valence-electron chi connectivity index (χ1n) is 13.2. The molecule has 4 aromatic rings. The Bertz CT molecular complexity index is 1680. The normalized spacial score (nSPS) is 17.8. The van der Waals surface area contributed by atoms with Crippen molar-refractivity contribution in [3.8, 4) is 22.9 Å². The van der Waals surface area contributed by atoms with E-state index in [0.29, 0.717) is 49.4 Å². The van der Waals surface area contributed by atoms with Crippen molar-refractivity contribution in [2.45, 2.75) is 45.3 Å². The Labute approximate surface area is 245 Å². The van der Waals surface area contributed by atoms with Crippen LogP contribution < -0.4 is 9.47 Å². The van der Waals surface area contributed by atoms with Crippen LogP contribution in [-0.2, 0) is 6.61 Å². The van der Waals surface area contributed by atoms with Crippen molar-refractivity contribution in [3.63, 3.8) is 0 Å². The Balaban J connectivity index is 1.28. The SMILES string of the molecule is Cc1nc(OC2c3ccc(OCc4c(-c5c(Cl)cccc5Cl)noc4C4CC4)c(F)c3C=CC2C)ccc1C(=O)O. The zero-order valence-corrected chi connectivity index (χ0v) is 23.7. The van der Waals surface area contributed by atoms with Crippen LogP contribution in [0.1, 0.15) is 70.3 Å². The number of carbonyl (C=O) groups is 1. The number of halogens is 3. The molecule has 2 unspecified atom stereocenters. The van der Waals surface area contributed by atoms with Crippen LogP contribution in [0.3, 0.4) is 0 Å². The predicted molar refractivity (Wildman–Crippen MR) is 152 cm³/mol. The molecule has 10 heteroatoms. The molecule has 2 atom stereocenters. The Morgan fingerprint density at radius 2 is 1.90 bits per heavy atom. The maximum atomic E-state index is 15.9. The summed E-state index contributed by atoms with van der Waals surface area (Å²) in [6.45, 7) is 3.58. The number of fused-ring (bicyclic) bond motifs is 1. The fraction of sp³-hybridized carbons (Fsp3) is 0.258. The number of benzene rings is 2. The molecular formula is C31H25Cl2FN2O5. The number of aryl methyl sites for hydroxylation is 1. The monoisotopic (exact) mass is 594 g/mol. The fourth-order valence-electron chi connectivity index (χ4n) is 5.08. The van der Waals surface area contributed by atoms with Gasteiger partial charge in [-0.1, -0.05) is 59.6 Å². The van der Waals surface area contributed by atoms with Crippen molar-refractivity contribution >= 4 is 35.2 Å². The zero-order valence-electron chi connectivity index (χ0n) is 22.2. The van der Waals surface area contributed by atoms with Crippen molar-refractivity contribution in [2.75, 3.05) is 0 Å². The third-order valence-electron chi connectivity index (χ3n) is 7.41. The van der Waals surface area contributed by atoms with Gasteiger partial charge in [-0.2, -0.15) is 0 Å². The van der Waals surface area contributed by atoms with Crippen LogP contribution in [-0.4, -0.2) is 21.2 Å². The molecule has 2 aliphatic carbocycles. The lowest BCUT2D eigenvalue weighted by Gasteiger charge is -2.28.